The van der Waals surface area contributed by atoms with E-state index in [1.54, 1.807) is 55.0 Å². The summed E-state index contributed by atoms with van der Waals surface area (Å²) in [6.45, 7) is 2.36. The fraction of sp³-hybridized carbons (Fsp3) is 0.226. The number of hydrogen-bond donors (Lipinski definition) is 1. The Morgan fingerprint density at radius 3 is 2.17 bits per heavy atom. The number of furan rings is 2. The number of amides is 1. The molecule has 1 saturated heterocycles. The van der Waals surface area contributed by atoms with E-state index >= 15 is 0 Å². The summed E-state index contributed by atoms with van der Waals surface area (Å²) in [7, 11) is 0. The zero-order valence-corrected chi connectivity index (χ0v) is 21.8. The van der Waals surface area contributed by atoms with E-state index in [9.17, 15) is 9.59 Å². The third-order valence-electron chi connectivity index (χ3n) is 6.95. The predicted molar refractivity (Wildman–Crippen MR) is 148 cm³/mol. The highest BCUT2D eigenvalue weighted by atomic mass is 16.5. The smallest absolute Gasteiger partial charge is 0.338 e. The predicted octanol–water partition coefficient (Wildman–Crippen LogP) is 5.09. The Bertz CT molecular complexity index is 1590. The summed E-state index contributed by atoms with van der Waals surface area (Å²) in [4.78, 5) is 37.1. The first kappa shape index (κ1) is 25.5. The third-order valence-corrected chi connectivity index (χ3v) is 6.95. The molecule has 1 N–H and O–H groups in total. The van der Waals surface area contributed by atoms with Crippen LogP contribution in [-0.4, -0.2) is 52.5 Å². The maximum absolute atomic E-state index is 12.8. The van der Waals surface area contributed by atoms with E-state index < -0.39 is 5.97 Å². The molecule has 1 fully saturated rings. The molecule has 0 atom stereocenters. The Kier molecular flexibility index (Phi) is 7.37. The number of nitrogens with one attached hydrogen (secondary N) is 1. The van der Waals surface area contributed by atoms with Gasteiger partial charge in [-0.1, -0.05) is 30.3 Å². The number of ether oxygens (including phenoxy) is 1. The molecule has 0 radical (unpaired) electrons. The Morgan fingerprint density at radius 1 is 0.850 bits per heavy atom. The molecule has 0 bridgehead atoms. The first-order valence-electron chi connectivity index (χ1n) is 13.2. The van der Waals surface area contributed by atoms with Gasteiger partial charge in [-0.05, 0) is 60.9 Å². The average molecular weight is 537 g/mol. The van der Waals surface area contributed by atoms with Crippen molar-refractivity contribution in [3.05, 3.63) is 96.4 Å². The zero-order valence-electron chi connectivity index (χ0n) is 21.8. The van der Waals surface area contributed by atoms with Crippen molar-refractivity contribution in [2.45, 2.75) is 25.4 Å². The highest BCUT2D eigenvalue weighted by Gasteiger charge is 2.22. The Balaban J connectivity index is 1.06. The summed E-state index contributed by atoms with van der Waals surface area (Å²) < 4.78 is 16.4. The summed E-state index contributed by atoms with van der Waals surface area (Å²) in [5.41, 5.74) is 3.65. The molecule has 9 nitrogen and oxygen atoms in total. The van der Waals surface area contributed by atoms with Crippen molar-refractivity contribution in [3.63, 3.8) is 0 Å². The molecule has 202 valence electrons. The minimum absolute atomic E-state index is 0.0672. The van der Waals surface area contributed by atoms with E-state index in [0.717, 1.165) is 32.5 Å². The first-order valence-corrected chi connectivity index (χ1v) is 13.2. The second-order valence-electron chi connectivity index (χ2n) is 9.76. The molecule has 9 heteroatoms. The molecular weight excluding hydrogens is 508 g/mol. The fourth-order valence-corrected chi connectivity index (χ4v) is 4.91. The molecule has 1 aliphatic rings. The van der Waals surface area contributed by atoms with Crippen LogP contribution in [0.5, 0.6) is 0 Å². The molecule has 3 aromatic heterocycles. The van der Waals surface area contributed by atoms with Gasteiger partial charge >= 0.3 is 5.97 Å². The normalized spacial score (nSPS) is 14.3. The van der Waals surface area contributed by atoms with Crippen molar-refractivity contribution < 1.29 is 23.2 Å². The topological polar surface area (TPSA) is 111 Å². The van der Waals surface area contributed by atoms with Crippen LogP contribution >= 0.6 is 0 Å². The molecule has 40 heavy (non-hydrogen) atoms. The van der Waals surface area contributed by atoms with Gasteiger partial charge in [0.15, 0.2) is 18.1 Å². The van der Waals surface area contributed by atoms with Crippen molar-refractivity contribution in [2.24, 2.45) is 0 Å². The minimum atomic E-state index is -0.605. The molecular formula is C31H28N4O5. The van der Waals surface area contributed by atoms with Crippen LogP contribution in [0.4, 0.5) is 0 Å². The quantitative estimate of drug-likeness (QED) is 0.273. The van der Waals surface area contributed by atoms with E-state index in [2.05, 4.69) is 22.3 Å². The second kappa shape index (κ2) is 11.5. The van der Waals surface area contributed by atoms with Crippen LogP contribution in [0.25, 0.3) is 33.9 Å². The molecule has 0 saturated carbocycles. The number of nitrogens with zero attached hydrogens (tertiary/aromatic N) is 3. The van der Waals surface area contributed by atoms with Gasteiger partial charge in [-0.3, -0.25) is 9.69 Å². The number of piperidine rings is 1. The third kappa shape index (κ3) is 5.79. The number of fused-ring (bicyclic) bond motifs is 1. The largest absolute Gasteiger partial charge is 0.463 e. The van der Waals surface area contributed by atoms with Crippen molar-refractivity contribution in [3.8, 4) is 22.9 Å². The molecule has 4 heterocycles. The summed E-state index contributed by atoms with van der Waals surface area (Å²) >= 11 is 0. The molecule has 0 unspecified atom stereocenters. The van der Waals surface area contributed by atoms with Gasteiger partial charge in [0.25, 0.3) is 5.91 Å². The van der Waals surface area contributed by atoms with Gasteiger partial charge in [-0.25, -0.2) is 14.8 Å². The van der Waals surface area contributed by atoms with E-state index in [1.165, 1.54) is 5.56 Å². The van der Waals surface area contributed by atoms with Gasteiger partial charge < -0.3 is 18.9 Å². The number of likely N-dealkylation sites (tertiary alicyclic amines) is 1. The van der Waals surface area contributed by atoms with Gasteiger partial charge in [0.05, 0.1) is 29.1 Å². The lowest BCUT2D eigenvalue weighted by molar-refractivity contribution is -0.125. The van der Waals surface area contributed by atoms with Crippen molar-refractivity contribution >= 4 is 22.9 Å². The Labute approximate surface area is 230 Å². The Morgan fingerprint density at radius 2 is 1.52 bits per heavy atom. The van der Waals surface area contributed by atoms with Crippen molar-refractivity contribution in [1.29, 1.82) is 0 Å². The standard InChI is InChI=1S/C31H28N4O5/c36-28(32-23-12-14-35(15-13-23)19-21-6-2-1-3-7-21)20-40-31(37)22-10-11-24-25(18-22)34-30(27-9-5-17-39-27)29(33-24)26-8-4-16-38-26/h1-11,16-18,23H,12-15,19-20H2,(H,32,36). The summed E-state index contributed by atoms with van der Waals surface area (Å²) in [5, 5.41) is 3.00. The van der Waals surface area contributed by atoms with Crippen LogP contribution in [0.15, 0.2) is 94.2 Å². The van der Waals surface area contributed by atoms with Crippen LogP contribution in [0, 0.1) is 0 Å². The van der Waals surface area contributed by atoms with E-state index in [4.69, 9.17) is 23.5 Å². The molecule has 5 aromatic rings. The van der Waals surface area contributed by atoms with Gasteiger partial charge in [0.2, 0.25) is 0 Å². The highest BCUT2D eigenvalue weighted by Crippen LogP contribution is 2.31. The maximum Gasteiger partial charge on any atom is 0.338 e. The number of aromatic nitrogens is 2. The average Bonchev–Trinajstić information content (AvgIpc) is 3.72. The minimum Gasteiger partial charge on any atom is -0.463 e. The Hall–Kier alpha value is -4.76. The monoisotopic (exact) mass is 536 g/mol. The summed E-state index contributed by atoms with van der Waals surface area (Å²) in [6, 6.07) is 22.5. The van der Waals surface area contributed by atoms with Crippen LogP contribution < -0.4 is 5.32 Å². The molecule has 6 rings (SSSR count). The van der Waals surface area contributed by atoms with Crippen LogP contribution in [0.2, 0.25) is 0 Å². The summed E-state index contributed by atoms with van der Waals surface area (Å²) in [6.07, 6.45) is 4.83. The van der Waals surface area contributed by atoms with Crippen LogP contribution in [0.1, 0.15) is 28.8 Å². The number of carbonyl (C=O) groups excluding carboxylic acids is 2. The summed E-state index contributed by atoms with van der Waals surface area (Å²) in [5.74, 6) is 0.165. The lowest BCUT2D eigenvalue weighted by atomic mass is 10.0. The molecule has 0 spiro atoms. The molecule has 1 amide bonds. The SMILES string of the molecule is O=C(COC(=O)c1ccc2nc(-c3ccco3)c(-c3ccco3)nc2c1)NC1CCN(Cc2ccccc2)CC1. The second-order valence-corrected chi connectivity index (χ2v) is 9.76. The van der Waals surface area contributed by atoms with E-state index in [0.29, 0.717) is 33.9 Å². The molecule has 0 aliphatic carbocycles. The fourth-order valence-electron chi connectivity index (χ4n) is 4.91. The van der Waals surface area contributed by atoms with Crippen LogP contribution in [-0.2, 0) is 16.1 Å². The number of hydrogen-bond acceptors (Lipinski definition) is 8. The van der Waals surface area contributed by atoms with Gasteiger partial charge in [0.1, 0.15) is 11.4 Å². The van der Waals surface area contributed by atoms with Gasteiger partial charge in [0, 0.05) is 25.7 Å². The van der Waals surface area contributed by atoms with Crippen molar-refractivity contribution in [1.82, 2.24) is 20.2 Å². The lowest BCUT2D eigenvalue weighted by Gasteiger charge is -2.32. The number of benzene rings is 2. The molecule has 1 aliphatic heterocycles. The van der Waals surface area contributed by atoms with Gasteiger partial charge in [-0.2, -0.15) is 0 Å². The number of esters is 1. The van der Waals surface area contributed by atoms with Gasteiger partial charge in [-0.15, -0.1) is 0 Å². The maximum atomic E-state index is 12.8. The van der Waals surface area contributed by atoms with E-state index in [1.807, 2.05) is 18.2 Å². The highest BCUT2D eigenvalue weighted by molar-refractivity contribution is 5.95. The number of rotatable bonds is 8. The number of carbonyl (C=O) groups is 2. The zero-order chi connectivity index (χ0) is 27.3. The van der Waals surface area contributed by atoms with Crippen LogP contribution in [0.3, 0.4) is 0 Å². The lowest BCUT2D eigenvalue weighted by Crippen LogP contribution is -2.45. The van der Waals surface area contributed by atoms with Crippen molar-refractivity contribution in [2.75, 3.05) is 19.7 Å². The first-order chi connectivity index (χ1) is 19.6. The molecule has 2 aromatic carbocycles. The van der Waals surface area contributed by atoms with E-state index in [-0.39, 0.29) is 24.1 Å².